The summed E-state index contributed by atoms with van der Waals surface area (Å²) in [6, 6.07) is 6.97. The molecule has 1 aromatic rings. The van der Waals surface area contributed by atoms with E-state index < -0.39 is 29.6 Å². The number of aryl methyl sites for hydroxylation is 1. The fourth-order valence-corrected chi connectivity index (χ4v) is 6.58. The van der Waals surface area contributed by atoms with Gasteiger partial charge in [-0.25, -0.2) is 0 Å². The third-order valence-corrected chi connectivity index (χ3v) is 8.40. The van der Waals surface area contributed by atoms with Crippen LogP contribution in [0.2, 0.25) is 0 Å². The normalized spacial score (nSPS) is 35.3. The molecule has 1 saturated carbocycles. The van der Waals surface area contributed by atoms with Crippen molar-refractivity contribution in [1.29, 1.82) is 0 Å². The first-order valence-corrected chi connectivity index (χ1v) is 13.2. The first-order chi connectivity index (χ1) is 16.9. The van der Waals surface area contributed by atoms with E-state index in [1.54, 1.807) is 4.90 Å². The highest BCUT2D eigenvalue weighted by atomic mass is 16.5. The van der Waals surface area contributed by atoms with Crippen LogP contribution in [0.5, 0.6) is 0 Å². The Hall–Kier alpha value is -2.67. The number of benzene rings is 1. The first kappa shape index (κ1) is 24.0. The van der Waals surface area contributed by atoms with Gasteiger partial charge in [0.25, 0.3) is 0 Å². The van der Waals surface area contributed by atoms with Crippen molar-refractivity contribution < 1.29 is 19.1 Å². The molecule has 3 heterocycles. The number of hydrogen-bond acceptors (Lipinski definition) is 4. The van der Waals surface area contributed by atoms with E-state index in [-0.39, 0.29) is 23.8 Å². The molecule has 7 nitrogen and oxygen atoms in total. The molecular weight excluding hydrogens is 442 g/mol. The number of ether oxygens (including phenoxy) is 1. The number of rotatable bonds is 7. The van der Waals surface area contributed by atoms with Gasteiger partial charge < -0.3 is 20.3 Å². The van der Waals surface area contributed by atoms with Crippen LogP contribution in [0, 0.1) is 24.7 Å². The van der Waals surface area contributed by atoms with Crippen LogP contribution >= 0.6 is 0 Å². The van der Waals surface area contributed by atoms with Crippen LogP contribution in [0.1, 0.15) is 57.9 Å². The lowest BCUT2D eigenvalue weighted by molar-refractivity contribution is -0.141. The predicted molar refractivity (Wildman–Crippen MR) is 134 cm³/mol. The van der Waals surface area contributed by atoms with Crippen molar-refractivity contribution in [2.24, 2.45) is 17.8 Å². The van der Waals surface area contributed by atoms with Gasteiger partial charge in [-0.3, -0.25) is 14.4 Å². The highest BCUT2D eigenvalue weighted by molar-refractivity contribution is 6.02. The SMILES string of the molecule is CCCCN1C(=O)[C@H]2C(C(=O)Nc3cccc(C)c3)[C@H]3C=CC2(O3)C1C(=O)NC1CCCCC1C. The van der Waals surface area contributed by atoms with E-state index in [1.165, 1.54) is 6.42 Å². The van der Waals surface area contributed by atoms with E-state index in [1.807, 2.05) is 43.3 Å². The summed E-state index contributed by atoms with van der Waals surface area (Å²) in [6.07, 6.45) is 9.31. The molecule has 3 amide bonds. The van der Waals surface area contributed by atoms with E-state index in [0.29, 0.717) is 18.2 Å². The Bertz CT molecular complexity index is 1040. The Balaban J connectivity index is 1.43. The van der Waals surface area contributed by atoms with Crippen LogP contribution in [-0.4, -0.2) is 53.0 Å². The molecule has 188 valence electrons. The smallest absolute Gasteiger partial charge is 0.246 e. The zero-order chi connectivity index (χ0) is 24.7. The lowest BCUT2D eigenvalue weighted by atomic mass is 9.74. The topological polar surface area (TPSA) is 87.7 Å². The lowest BCUT2D eigenvalue weighted by Gasteiger charge is -2.36. The maximum absolute atomic E-state index is 13.8. The quantitative estimate of drug-likeness (QED) is 0.585. The van der Waals surface area contributed by atoms with Crippen LogP contribution in [0.4, 0.5) is 5.69 Å². The van der Waals surface area contributed by atoms with Crippen LogP contribution in [-0.2, 0) is 19.1 Å². The molecular formula is C28H37N3O4. The number of unbranched alkanes of at least 4 members (excludes halogenated alkanes) is 1. The maximum atomic E-state index is 13.8. The van der Waals surface area contributed by atoms with Crippen molar-refractivity contribution in [3.63, 3.8) is 0 Å². The Labute approximate surface area is 207 Å². The predicted octanol–water partition coefficient (Wildman–Crippen LogP) is 3.58. The lowest BCUT2D eigenvalue weighted by Crippen LogP contribution is -2.57. The van der Waals surface area contributed by atoms with Crippen LogP contribution in [0.25, 0.3) is 0 Å². The maximum Gasteiger partial charge on any atom is 0.246 e. The van der Waals surface area contributed by atoms with Gasteiger partial charge in [-0.15, -0.1) is 0 Å². The van der Waals surface area contributed by atoms with Gasteiger partial charge in [-0.2, -0.15) is 0 Å². The second kappa shape index (κ2) is 9.41. The molecule has 2 saturated heterocycles. The molecule has 1 aliphatic carbocycles. The average Bonchev–Trinajstić information content (AvgIpc) is 3.46. The molecule has 0 radical (unpaired) electrons. The number of likely N-dealkylation sites (tertiary alicyclic amines) is 1. The van der Waals surface area contributed by atoms with Gasteiger partial charge in [0.05, 0.1) is 17.9 Å². The fourth-order valence-electron chi connectivity index (χ4n) is 6.58. The zero-order valence-corrected chi connectivity index (χ0v) is 21.0. The summed E-state index contributed by atoms with van der Waals surface area (Å²) < 4.78 is 6.41. The second-order valence-corrected chi connectivity index (χ2v) is 10.8. The Morgan fingerprint density at radius 2 is 2.00 bits per heavy atom. The third-order valence-electron chi connectivity index (χ3n) is 8.40. The van der Waals surface area contributed by atoms with Crippen LogP contribution in [0.3, 0.4) is 0 Å². The molecule has 35 heavy (non-hydrogen) atoms. The summed E-state index contributed by atoms with van der Waals surface area (Å²) in [5.41, 5.74) is 0.649. The minimum Gasteiger partial charge on any atom is -0.359 e. The average molecular weight is 480 g/mol. The van der Waals surface area contributed by atoms with Crippen molar-refractivity contribution in [3.05, 3.63) is 42.0 Å². The van der Waals surface area contributed by atoms with E-state index >= 15 is 0 Å². The van der Waals surface area contributed by atoms with Crippen LogP contribution < -0.4 is 10.6 Å². The van der Waals surface area contributed by atoms with Crippen molar-refractivity contribution in [2.45, 2.75) is 83.1 Å². The summed E-state index contributed by atoms with van der Waals surface area (Å²) in [5.74, 6) is -1.48. The monoisotopic (exact) mass is 479 g/mol. The molecule has 0 aromatic heterocycles. The molecule has 2 bridgehead atoms. The number of amides is 3. The van der Waals surface area contributed by atoms with Gasteiger partial charge >= 0.3 is 0 Å². The number of hydrogen-bond donors (Lipinski definition) is 2. The number of nitrogens with one attached hydrogen (secondary N) is 2. The summed E-state index contributed by atoms with van der Waals surface area (Å²) in [5, 5.41) is 6.26. The molecule has 2 N–H and O–H groups in total. The van der Waals surface area contributed by atoms with Crippen molar-refractivity contribution >= 4 is 23.4 Å². The number of nitrogens with zero attached hydrogens (tertiary/aromatic N) is 1. The Kier molecular flexibility index (Phi) is 6.47. The third kappa shape index (κ3) is 4.07. The molecule has 3 fully saturated rings. The Morgan fingerprint density at radius 1 is 1.20 bits per heavy atom. The van der Waals surface area contributed by atoms with Crippen molar-refractivity contribution in [1.82, 2.24) is 10.2 Å². The highest BCUT2D eigenvalue weighted by Gasteiger charge is 2.72. The molecule has 3 aliphatic heterocycles. The van der Waals surface area contributed by atoms with Gasteiger partial charge in [-0.1, -0.05) is 57.4 Å². The highest BCUT2D eigenvalue weighted by Crippen LogP contribution is 2.55. The van der Waals surface area contributed by atoms with Crippen molar-refractivity contribution in [3.8, 4) is 0 Å². The number of fused-ring (bicyclic) bond motifs is 1. The molecule has 1 spiro atoms. The van der Waals surface area contributed by atoms with Gasteiger partial charge in [0.2, 0.25) is 17.7 Å². The van der Waals surface area contributed by atoms with Crippen LogP contribution in [0.15, 0.2) is 36.4 Å². The zero-order valence-electron chi connectivity index (χ0n) is 21.0. The molecule has 4 aliphatic rings. The van der Waals surface area contributed by atoms with E-state index in [2.05, 4.69) is 24.5 Å². The minimum absolute atomic E-state index is 0.109. The van der Waals surface area contributed by atoms with Gasteiger partial charge in [0.15, 0.2) is 0 Å². The fraction of sp³-hybridized carbons (Fsp3) is 0.607. The van der Waals surface area contributed by atoms with E-state index in [9.17, 15) is 14.4 Å². The summed E-state index contributed by atoms with van der Waals surface area (Å²) in [7, 11) is 0. The number of carbonyl (C=O) groups excluding carboxylic acids is 3. The molecule has 1 aromatic carbocycles. The summed E-state index contributed by atoms with van der Waals surface area (Å²) in [4.78, 5) is 42.8. The molecule has 5 rings (SSSR count). The summed E-state index contributed by atoms with van der Waals surface area (Å²) >= 11 is 0. The van der Waals surface area contributed by atoms with Gasteiger partial charge in [-0.05, 0) is 49.8 Å². The van der Waals surface area contributed by atoms with Gasteiger partial charge in [0, 0.05) is 18.3 Å². The molecule has 5 unspecified atom stereocenters. The first-order valence-electron chi connectivity index (χ1n) is 13.2. The Morgan fingerprint density at radius 3 is 2.74 bits per heavy atom. The molecule has 7 heteroatoms. The van der Waals surface area contributed by atoms with Crippen molar-refractivity contribution in [2.75, 3.05) is 11.9 Å². The van der Waals surface area contributed by atoms with E-state index in [4.69, 9.17) is 4.74 Å². The van der Waals surface area contributed by atoms with Gasteiger partial charge in [0.1, 0.15) is 11.6 Å². The number of carbonyl (C=O) groups is 3. The largest absolute Gasteiger partial charge is 0.359 e. The minimum atomic E-state index is -1.09. The summed E-state index contributed by atoms with van der Waals surface area (Å²) in [6.45, 7) is 6.71. The standard InChI is InChI=1S/C28H37N3O4/c1-4-5-15-31-24(26(33)30-20-12-7-6-10-18(20)3)28-14-13-21(35-28)22(23(28)27(31)34)25(32)29-19-11-8-9-17(2)16-19/h8-9,11,13-14,16,18,20-24H,4-7,10,12,15H2,1-3H3,(H,29,32)(H,30,33)/t18?,20?,21-,22?,23-,24?,28?/m1/s1. The second-order valence-electron chi connectivity index (χ2n) is 10.8. The van der Waals surface area contributed by atoms with E-state index in [0.717, 1.165) is 37.7 Å². The molecule has 7 atom stereocenters. The number of anilines is 1.